The molecule has 1 aliphatic carbocycles. The second kappa shape index (κ2) is 8.26. The molecule has 7 heteroatoms. The van der Waals surface area contributed by atoms with E-state index in [2.05, 4.69) is 73.3 Å². The number of fused-ring (bicyclic) bond motifs is 2. The van der Waals surface area contributed by atoms with E-state index in [-0.39, 0.29) is 5.56 Å². The van der Waals surface area contributed by atoms with Gasteiger partial charge in [0.15, 0.2) is 5.82 Å². The van der Waals surface area contributed by atoms with Gasteiger partial charge >= 0.3 is 0 Å². The number of nitrogens with zero attached hydrogens (tertiary/aromatic N) is 5. The summed E-state index contributed by atoms with van der Waals surface area (Å²) in [4.78, 5) is 14.6. The molecule has 34 heavy (non-hydrogen) atoms. The van der Waals surface area contributed by atoms with E-state index in [4.69, 9.17) is 0 Å². The number of H-pyrrole nitrogens is 1. The molecular formula is C27H24N6O. The standard InChI is InChI=1S/C27H24N6O/c1-32(21-15-19-11-5-6-12-20(19)16-21)27-31-29-25(33(27)17-18-9-3-2-4-10-18)24-22-13-7-8-14-23(22)26(34)30-28-24/h2-14,21H,15-17H2,1H3,(H,30,34). The fourth-order valence-electron chi connectivity index (χ4n) is 4.90. The molecule has 2 heterocycles. The van der Waals surface area contributed by atoms with Gasteiger partial charge in [-0.25, -0.2) is 5.10 Å². The fraction of sp³-hybridized carbons (Fsp3) is 0.185. The van der Waals surface area contributed by atoms with Gasteiger partial charge in [0.1, 0.15) is 5.69 Å². The minimum Gasteiger partial charge on any atom is -0.340 e. The number of nitrogens with one attached hydrogen (secondary N) is 1. The fourth-order valence-corrected chi connectivity index (χ4v) is 4.90. The molecular weight excluding hydrogens is 424 g/mol. The molecule has 168 valence electrons. The Kier molecular flexibility index (Phi) is 4.95. The van der Waals surface area contributed by atoms with Crippen LogP contribution in [0.3, 0.4) is 0 Å². The molecule has 0 saturated heterocycles. The van der Waals surface area contributed by atoms with Crippen LogP contribution in [0.5, 0.6) is 0 Å². The van der Waals surface area contributed by atoms with Crippen molar-refractivity contribution >= 4 is 16.7 Å². The second-order valence-electron chi connectivity index (χ2n) is 8.78. The molecule has 7 nitrogen and oxygen atoms in total. The van der Waals surface area contributed by atoms with Gasteiger partial charge in [0.2, 0.25) is 5.95 Å². The maximum Gasteiger partial charge on any atom is 0.272 e. The van der Waals surface area contributed by atoms with E-state index in [9.17, 15) is 4.79 Å². The minimum atomic E-state index is -0.213. The van der Waals surface area contributed by atoms with Crippen LogP contribution in [0, 0.1) is 0 Å². The average Bonchev–Trinajstić information content (AvgIpc) is 3.49. The summed E-state index contributed by atoms with van der Waals surface area (Å²) in [5.41, 5.74) is 4.33. The topological polar surface area (TPSA) is 79.7 Å². The number of rotatable bonds is 5. The van der Waals surface area contributed by atoms with Crippen molar-refractivity contribution in [2.45, 2.75) is 25.4 Å². The van der Waals surface area contributed by atoms with Gasteiger partial charge in [-0.3, -0.25) is 9.36 Å². The highest BCUT2D eigenvalue weighted by Gasteiger charge is 2.29. The predicted molar refractivity (Wildman–Crippen MR) is 133 cm³/mol. The Morgan fingerprint density at radius 2 is 1.53 bits per heavy atom. The van der Waals surface area contributed by atoms with Gasteiger partial charge in [0, 0.05) is 18.5 Å². The summed E-state index contributed by atoms with van der Waals surface area (Å²) < 4.78 is 2.10. The van der Waals surface area contributed by atoms with Crippen LogP contribution >= 0.6 is 0 Å². The van der Waals surface area contributed by atoms with Crippen LogP contribution in [0.15, 0.2) is 83.7 Å². The number of hydrogen-bond acceptors (Lipinski definition) is 5. The molecule has 0 aliphatic heterocycles. The Bertz CT molecular complexity index is 1510. The summed E-state index contributed by atoms with van der Waals surface area (Å²) in [6.07, 6.45) is 1.94. The predicted octanol–water partition coefficient (Wildman–Crippen LogP) is 3.83. The largest absolute Gasteiger partial charge is 0.340 e. The monoisotopic (exact) mass is 448 g/mol. The van der Waals surface area contributed by atoms with Crippen molar-refractivity contribution < 1.29 is 0 Å². The molecule has 0 radical (unpaired) electrons. The van der Waals surface area contributed by atoms with Gasteiger partial charge in [-0.1, -0.05) is 72.8 Å². The van der Waals surface area contributed by atoms with Crippen molar-refractivity contribution in [2.75, 3.05) is 11.9 Å². The lowest BCUT2D eigenvalue weighted by atomic mass is 10.1. The molecule has 0 bridgehead atoms. The Morgan fingerprint density at radius 3 is 2.26 bits per heavy atom. The van der Waals surface area contributed by atoms with Crippen LogP contribution in [0.25, 0.3) is 22.3 Å². The number of benzene rings is 3. The van der Waals surface area contributed by atoms with Gasteiger partial charge in [0.25, 0.3) is 5.56 Å². The first-order valence-electron chi connectivity index (χ1n) is 11.4. The van der Waals surface area contributed by atoms with Gasteiger partial charge in [-0.2, -0.15) is 5.10 Å². The average molecular weight is 449 g/mol. The molecule has 6 rings (SSSR count). The van der Waals surface area contributed by atoms with E-state index in [1.807, 2.05) is 36.4 Å². The third-order valence-corrected chi connectivity index (χ3v) is 6.72. The van der Waals surface area contributed by atoms with Crippen LogP contribution in [-0.4, -0.2) is 38.1 Å². The number of anilines is 1. The summed E-state index contributed by atoms with van der Waals surface area (Å²) in [5, 5.41) is 17.6. The SMILES string of the molecule is CN(c1nnc(-c2n[nH]c(=O)c3ccccc23)n1Cc1ccccc1)C1Cc2ccccc2C1. The Hall–Kier alpha value is -4.26. The quantitative estimate of drug-likeness (QED) is 0.442. The van der Waals surface area contributed by atoms with Crippen LogP contribution in [0.1, 0.15) is 16.7 Å². The molecule has 0 fully saturated rings. The lowest BCUT2D eigenvalue weighted by Gasteiger charge is -2.26. The smallest absolute Gasteiger partial charge is 0.272 e. The van der Waals surface area contributed by atoms with E-state index < -0.39 is 0 Å². The Labute approximate surface area is 196 Å². The van der Waals surface area contributed by atoms with Crippen LogP contribution in [0.4, 0.5) is 5.95 Å². The van der Waals surface area contributed by atoms with Crippen molar-refractivity contribution in [1.82, 2.24) is 25.0 Å². The maximum atomic E-state index is 12.4. The zero-order chi connectivity index (χ0) is 23.1. The summed E-state index contributed by atoms with van der Waals surface area (Å²) in [6.45, 7) is 0.595. The lowest BCUT2D eigenvalue weighted by molar-refractivity contribution is 0.630. The number of aromatic amines is 1. The first-order valence-corrected chi connectivity index (χ1v) is 11.4. The second-order valence-corrected chi connectivity index (χ2v) is 8.78. The maximum absolute atomic E-state index is 12.4. The van der Waals surface area contributed by atoms with E-state index in [0.717, 1.165) is 29.7 Å². The molecule has 5 aromatic rings. The highest BCUT2D eigenvalue weighted by molar-refractivity contribution is 5.92. The molecule has 0 amide bonds. The van der Waals surface area contributed by atoms with Crippen LogP contribution in [-0.2, 0) is 19.4 Å². The van der Waals surface area contributed by atoms with Crippen LogP contribution < -0.4 is 10.5 Å². The van der Waals surface area contributed by atoms with E-state index in [0.29, 0.717) is 29.5 Å². The Balaban J connectivity index is 1.47. The van der Waals surface area contributed by atoms with Gasteiger partial charge < -0.3 is 4.90 Å². The van der Waals surface area contributed by atoms with Gasteiger partial charge in [0.05, 0.1) is 11.9 Å². The van der Waals surface area contributed by atoms with E-state index in [1.165, 1.54) is 11.1 Å². The lowest BCUT2D eigenvalue weighted by Crippen LogP contribution is -2.34. The molecule has 2 aromatic heterocycles. The van der Waals surface area contributed by atoms with E-state index in [1.54, 1.807) is 6.07 Å². The minimum absolute atomic E-state index is 0.213. The van der Waals surface area contributed by atoms with E-state index >= 15 is 0 Å². The molecule has 1 N–H and O–H groups in total. The normalized spacial score (nSPS) is 13.3. The van der Waals surface area contributed by atoms with Gasteiger partial charge in [-0.05, 0) is 35.6 Å². The highest BCUT2D eigenvalue weighted by Crippen LogP contribution is 2.31. The van der Waals surface area contributed by atoms with Crippen molar-refractivity contribution in [2.24, 2.45) is 0 Å². The summed E-state index contributed by atoms with van der Waals surface area (Å²) >= 11 is 0. The van der Waals surface area contributed by atoms with Gasteiger partial charge in [-0.15, -0.1) is 10.2 Å². The number of likely N-dealkylation sites (N-methyl/N-ethyl adjacent to an activating group) is 1. The summed E-state index contributed by atoms with van der Waals surface area (Å²) in [5.74, 6) is 1.42. The molecule has 1 aliphatic rings. The number of aromatic nitrogens is 5. The van der Waals surface area contributed by atoms with Crippen molar-refractivity contribution in [3.05, 3.63) is 106 Å². The highest BCUT2D eigenvalue weighted by atomic mass is 16.1. The third kappa shape index (κ3) is 3.46. The molecule has 0 atom stereocenters. The Morgan fingerprint density at radius 1 is 0.882 bits per heavy atom. The summed E-state index contributed by atoms with van der Waals surface area (Å²) in [7, 11) is 2.09. The van der Waals surface area contributed by atoms with Crippen molar-refractivity contribution in [3.63, 3.8) is 0 Å². The number of hydrogen-bond donors (Lipinski definition) is 1. The van der Waals surface area contributed by atoms with Crippen LogP contribution in [0.2, 0.25) is 0 Å². The third-order valence-electron chi connectivity index (χ3n) is 6.72. The zero-order valence-corrected chi connectivity index (χ0v) is 18.8. The molecule has 0 unspecified atom stereocenters. The molecule has 0 saturated carbocycles. The molecule has 0 spiro atoms. The first kappa shape index (κ1) is 20.4. The van der Waals surface area contributed by atoms with Crippen molar-refractivity contribution in [1.29, 1.82) is 0 Å². The zero-order valence-electron chi connectivity index (χ0n) is 18.8. The first-order chi connectivity index (χ1) is 16.7. The summed E-state index contributed by atoms with van der Waals surface area (Å²) in [6, 6.07) is 26.7. The molecule has 3 aromatic carbocycles. The van der Waals surface area contributed by atoms with Crippen molar-refractivity contribution in [3.8, 4) is 11.5 Å².